The monoisotopic (exact) mass is 344 g/mol. The molecule has 0 aromatic heterocycles. The predicted molar refractivity (Wildman–Crippen MR) is 99.5 cm³/mol. The van der Waals surface area contributed by atoms with Crippen molar-refractivity contribution in [2.75, 3.05) is 40.0 Å². The number of likely N-dealkylation sites (tertiary alicyclic amines) is 1. The third-order valence-corrected chi connectivity index (χ3v) is 6.70. The molecule has 0 spiro atoms. The fraction of sp³-hybridized carbons (Fsp3) is 0.714. The van der Waals surface area contributed by atoms with Crippen LogP contribution in [0, 0.1) is 11.8 Å². The summed E-state index contributed by atoms with van der Waals surface area (Å²) in [5.74, 6) is 1.67. The van der Waals surface area contributed by atoms with Crippen molar-refractivity contribution in [3.05, 3.63) is 35.9 Å². The van der Waals surface area contributed by atoms with E-state index in [4.69, 9.17) is 9.47 Å². The van der Waals surface area contributed by atoms with Gasteiger partial charge in [0.1, 0.15) is 0 Å². The van der Waals surface area contributed by atoms with Crippen LogP contribution in [0.3, 0.4) is 0 Å². The van der Waals surface area contributed by atoms with Gasteiger partial charge in [-0.2, -0.15) is 0 Å². The number of fused-ring (bicyclic) bond motifs is 1. The Bertz CT molecular complexity index is 544. The number of nitrogens with one attached hydrogen (secondary N) is 1. The topological polar surface area (TPSA) is 33.7 Å². The molecule has 2 aliphatic heterocycles. The van der Waals surface area contributed by atoms with Gasteiger partial charge in [0.15, 0.2) is 0 Å². The van der Waals surface area contributed by atoms with Crippen LogP contribution < -0.4 is 5.32 Å². The Morgan fingerprint density at radius 3 is 2.72 bits per heavy atom. The molecular weight excluding hydrogens is 312 g/mol. The summed E-state index contributed by atoms with van der Waals surface area (Å²) in [6, 6.07) is 11.5. The van der Waals surface area contributed by atoms with Gasteiger partial charge in [-0.1, -0.05) is 30.3 Å². The smallest absolute Gasteiger partial charge is 0.0846 e. The number of ether oxygens (including phenoxy) is 2. The summed E-state index contributed by atoms with van der Waals surface area (Å²) in [5.41, 5.74) is 1.42. The molecule has 1 aromatic carbocycles. The Morgan fingerprint density at radius 2 is 1.96 bits per heavy atom. The van der Waals surface area contributed by atoms with Crippen molar-refractivity contribution in [2.45, 2.75) is 43.9 Å². The number of hydrogen-bond donors (Lipinski definition) is 1. The molecule has 1 saturated carbocycles. The number of benzene rings is 1. The van der Waals surface area contributed by atoms with E-state index in [1.54, 1.807) is 0 Å². The van der Waals surface area contributed by atoms with E-state index in [0.29, 0.717) is 6.04 Å². The Balaban J connectivity index is 1.31. The van der Waals surface area contributed by atoms with E-state index >= 15 is 0 Å². The molecule has 4 rings (SSSR count). The predicted octanol–water partition coefficient (Wildman–Crippen LogP) is 2.68. The van der Waals surface area contributed by atoms with Crippen molar-refractivity contribution >= 4 is 0 Å². The second kappa shape index (κ2) is 7.75. The van der Waals surface area contributed by atoms with Gasteiger partial charge in [0.25, 0.3) is 0 Å². The third kappa shape index (κ3) is 3.92. The molecule has 0 unspecified atom stereocenters. The van der Waals surface area contributed by atoms with Crippen LogP contribution in [0.15, 0.2) is 30.3 Å². The van der Waals surface area contributed by atoms with E-state index in [9.17, 15) is 0 Å². The lowest BCUT2D eigenvalue weighted by atomic mass is 9.92. The van der Waals surface area contributed by atoms with Crippen molar-refractivity contribution in [1.29, 1.82) is 0 Å². The number of methoxy groups -OCH3 is 1. The molecular formula is C21H32N2O2. The highest BCUT2D eigenvalue weighted by molar-refractivity contribution is 5.15. The lowest BCUT2D eigenvalue weighted by Crippen LogP contribution is -2.50. The number of rotatable bonds is 6. The van der Waals surface area contributed by atoms with Crippen LogP contribution in [0.1, 0.15) is 31.2 Å². The van der Waals surface area contributed by atoms with Crippen LogP contribution in [0.25, 0.3) is 0 Å². The van der Waals surface area contributed by atoms with Gasteiger partial charge < -0.3 is 14.8 Å². The zero-order valence-corrected chi connectivity index (χ0v) is 15.5. The first-order chi connectivity index (χ1) is 12.3. The number of nitrogens with zero attached hydrogens (tertiary/aromatic N) is 1. The van der Waals surface area contributed by atoms with Gasteiger partial charge in [-0.3, -0.25) is 4.90 Å². The average Bonchev–Trinajstić information content (AvgIpc) is 3.22. The minimum Gasteiger partial charge on any atom is -0.381 e. The molecule has 0 radical (unpaired) electrons. The Morgan fingerprint density at radius 1 is 1.16 bits per heavy atom. The zero-order chi connectivity index (χ0) is 17.1. The Labute approximate surface area is 151 Å². The summed E-state index contributed by atoms with van der Waals surface area (Å²) >= 11 is 0. The van der Waals surface area contributed by atoms with Crippen LogP contribution in [0.5, 0.6) is 0 Å². The highest BCUT2D eigenvalue weighted by atomic mass is 16.5. The maximum absolute atomic E-state index is 5.90. The van der Waals surface area contributed by atoms with E-state index < -0.39 is 0 Å². The lowest BCUT2D eigenvalue weighted by molar-refractivity contribution is -0.0890. The average molecular weight is 344 g/mol. The first kappa shape index (κ1) is 17.5. The van der Waals surface area contributed by atoms with E-state index in [1.165, 1.54) is 31.5 Å². The second-order valence-corrected chi connectivity index (χ2v) is 8.17. The molecule has 3 atom stereocenters. The molecule has 2 heterocycles. The Kier molecular flexibility index (Phi) is 5.41. The van der Waals surface area contributed by atoms with Crippen LogP contribution >= 0.6 is 0 Å². The summed E-state index contributed by atoms with van der Waals surface area (Å²) in [6.45, 7) is 6.23. The maximum Gasteiger partial charge on any atom is 0.0846 e. The molecule has 3 fully saturated rings. The van der Waals surface area contributed by atoms with Gasteiger partial charge >= 0.3 is 0 Å². The first-order valence-electron chi connectivity index (χ1n) is 9.91. The van der Waals surface area contributed by atoms with Crippen molar-refractivity contribution < 1.29 is 9.47 Å². The van der Waals surface area contributed by atoms with Crippen LogP contribution in [0.4, 0.5) is 0 Å². The molecule has 138 valence electrons. The van der Waals surface area contributed by atoms with Gasteiger partial charge in [-0.15, -0.1) is 0 Å². The summed E-state index contributed by atoms with van der Waals surface area (Å²) in [5, 5.41) is 3.89. The summed E-state index contributed by atoms with van der Waals surface area (Å²) in [4.78, 5) is 2.65. The summed E-state index contributed by atoms with van der Waals surface area (Å²) < 4.78 is 11.4. The maximum atomic E-state index is 5.90. The molecule has 25 heavy (non-hydrogen) atoms. The number of hydrogen-bond acceptors (Lipinski definition) is 4. The molecule has 4 heteroatoms. The van der Waals surface area contributed by atoms with Crippen molar-refractivity contribution in [1.82, 2.24) is 10.2 Å². The van der Waals surface area contributed by atoms with Gasteiger partial charge in [-0.05, 0) is 30.2 Å². The minimum atomic E-state index is -0.0152. The van der Waals surface area contributed by atoms with Crippen molar-refractivity contribution in [2.24, 2.45) is 11.8 Å². The van der Waals surface area contributed by atoms with E-state index in [2.05, 4.69) is 40.5 Å². The Hall–Kier alpha value is -0.940. The lowest BCUT2D eigenvalue weighted by Gasteiger charge is -2.37. The van der Waals surface area contributed by atoms with Crippen LogP contribution in [0.2, 0.25) is 0 Å². The molecule has 2 saturated heterocycles. The molecule has 3 aliphatic rings. The second-order valence-electron chi connectivity index (χ2n) is 8.17. The van der Waals surface area contributed by atoms with Gasteiger partial charge in [-0.25, -0.2) is 0 Å². The van der Waals surface area contributed by atoms with Gasteiger partial charge in [0.2, 0.25) is 0 Å². The SMILES string of the molecule is COC1(CN[C@@H]2CC[C@@H]3CN(Cc4ccccc4)C[C@H]32)CCOCC1. The molecule has 1 aliphatic carbocycles. The molecule has 0 amide bonds. The van der Waals surface area contributed by atoms with Gasteiger partial charge in [0.05, 0.1) is 5.60 Å². The van der Waals surface area contributed by atoms with Gasteiger partial charge in [0, 0.05) is 65.4 Å². The largest absolute Gasteiger partial charge is 0.381 e. The van der Waals surface area contributed by atoms with Crippen LogP contribution in [-0.2, 0) is 16.0 Å². The molecule has 1 N–H and O–H groups in total. The van der Waals surface area contributed by atoms with E-state index in [1.807, 2.05) is 7.11 Å². The highest BCUT2D eigenvalue weighted by Crippen LogP contribution is 2.39. The fourth-order valence-electron chi connectivity index (χ4n) is 5.10. The molecule has 4 nitrogen and oxygen atoms in total. The summed E-state index contributed by atoms with van der Waals surface area (Å²) in [7, 11) is 1.86. The van der Waals surface area contributed by atoms with E-state index in [0.717, 1.165) is 51.0 Å². The van der Waals surface area contributed by atoms with E-state index in [-0.39, 0.29) is 5.60 Å². The first-order valence-corrected chi connectivity index (χ1v) is 9.91. The van der Waals surface area contributed by atoms with Crippen LogP contribution in [-0.4, -0.2) is 56.5 Å². The standard InChI is InChI=1S/C21H32N2O2/c1-24-21(9-11-25-12-10-21)16-22-20-8-7-18-14-23(15-19(18)20)13-17-5-3-2-4-6-17/h2-6,18-20,22H,7-16H2,1H3/t18-,19-,20-/m1/s1. The third-order valence-electron chi connectivity index (χ3n) is 6.70. The minimum absolute atomic E-state index is 0.0152. The highest BCUT2D eigenvalue weighted by Gasteiger charge is 2.43. The summed E-state index contributed by atoms with van der Waals surface area (Å²) in [6.07, 6.45) is 4.72. The van der Waals surface area contributed by atoms with Crippen molar-refractivity contribution in [3.8, 4) is 0 Å². The molecule has 0 bridgehead atoms. The normalized spacial score (nSPS) is 32.0. The quantitative estimate of drug-likeness (QED) is 0.860. The molecule has 1 aromatic rings. The zero-order valence-electron chi connectivity index (χ0n) is 15.5. The van der Waals surface area contributed by atoms with Crippen molar-refractivity contribution in [3.63, 3.8) is 0 Å². The fourth-order valence-corrected chi connectivity index (χ4v) is 5.10.